The highest BCUT2D eigenvalue weighted by Crippen LogP contribution is 2.10. The number of terminal acetylenes is 1. The first-order valence-electron chi connectivity index (χ1n) is 4.23. The van der Waals surface area contributed by atoms with Crippen molar-refractivity contribution in [2.45, 2.75) is 26.7 Å². The molecule has 1 aromatic rings. The van der Waals surface area contributed by atoms with Crippen LogP contribution in [0.25, 0.3) is 0 Å². The van der Waals surface area contributed by atoms with Crippen LogP contribution in [-0.2, 0) is 6.42 Å². The minimum atomic E-state index is 0.836. The van der Waals surface area contributed by atoms with Crippen molar-refractivity contribution >= 4 is 0 Å². The van der Waals surface area contributed by atoms with Gasteiger partial charge in [0.1, 0.15) is 0 Å². The van der Waals surface area contributed by atoms with Crippen LogP contribution in [0.2, 0.25) is 0 Å². The summed E-state index contributed by atoms with van der Waals surface area (Å²) in [5, 5.41) is 0. The van der Waals surface area contributed by atoms with Gasteiger partial charge in [0.15, 0.2) is 0 Å². The van der Waals surface area contributed by atoms with Gasteiger partial charge in [-0.05, 0) is 25.8 Å². The normalized spacial score (nSPS) is 9.42. The number of hydrogen-bond acceptors (Lipinski definition) is 0. The average Bonchev–Trinajstić information content (AvgIpc) is 1.99. The van der Waals surface area contributed by atoms with Crippen molar-refractivity contribution in [2.75, 3.05) is 0 Å². The van der Waals surface area contributed by atoms with Gasteiger partial charge in [-0.25, -0.2) is 0 Å². The Labute approximate surface area is 74.6 Å². The zero-order valence-corrected chi connectivity index (χ0v) is 7.72. The molecule has 1 rings (SSSR count). The van der Waals surface area contributed by atoms with Crippen molar-refractivity contribution in [1.29, 1.82) is 0 Å². The Hall–Kier alpha value is -1.22. The smallest absolute Gasteiger partial charge is 0.0127 e. The summed E-state index contributed by atoms with van der Waals surface area (Å²) in [6.07, 6.45) is 7.04. The van der Waals surface area contributed by atoms with E-state index in [2.05, 4.69) is 38.0 Å². The summed E-state index contributed by atoms with van der Waals surface area (Å²) in [7, 11) is 0. The summed E-state index contributed by atoms with van der Waals surface area (Å²) in [6, 6.07) is 6.58. The Morgan fingerprint density at radius 3 is 2.25 bits per heavy atom. The maximum absolute atomic E-state index is 5.20. The molecule has 0 spiro atoms. The van der Waals surface area contributed by atoms with E-state index in [0.717, 1.165) is 12.8 Å². The predicted octanol–water partition coefficient (Wildman–Crippen LogP) is 2.87. The number of hydrogen-bond donors (Lipinski definition) is 0. The third kappa shape index (κ3) is 2.43. The molecule has 0 fully saturated rings. The highest BCUT2D eigenvalue weighted by molar-refractivity contribution is 5.28. The van der Waals surface area contributed by atoms with E-state index in [9.17, 15) is 0 Å². The lowest BCUT2D eigenvalue weighted by molar-refractivity contribution is 1.02. The molecule has 0 unspecified atom stereocenters. The fraction of sp³-hybridized carbons (Fsp3) is 0.333. The quantitative estimate of drug-likeness (QED) is 0.580. The summed E-state index contributed by atoms with van der Waals surface area (Å²) in [5.74, 6) is 2.66. The van der Waals surface area contributed by atoms with Crippen molar-refractivity contribution in [2.24, 2.45) is 0 Å². The largest absolute Gasteiger partial charge is 0.120 e. The molecule has 0 aliphatic carbocycles. The Morgan fingerprint density at radius 1 is 1.17 bits per heavy atom. The van der Waals surface area contributed by atoms with E-state index in [1.54, 1.807) is 0 Å². The molecule has 12 heavy (non-hydrogen) atoms. The van der Waals surface area contributed by atoms with E-state index >= 15 is 0 Å². The molecule has 0 bridgehead atoms. The van der Waals surface area contributed by atoms with Crippen molar-refractivity contribution in [1.82, 2.24) is 0 Å². The monoisotopic (exact) mass is 158 g/mol. The molecule has 0 saturated carbocycles. The maximum atomic E-state index is 5.20. The van der Waals surface area contributed by atoms with E-state index in [1.807, 2.05) is 0 Å². The zero-order chi connectivity index (χ0) is 8.97. The molecule has 62 valence electrons. The van der Waals surface area contributed by atoms with Gasteiger partial charge in [0.25, 0.3) is 0 Å². The van der Waals surface area contributed by atoms with Gasteiger partial charge in [-0.2, -0.15) is 0 Å². The van der Waals surface area contributed by atoms with Gasteiger partial charge in [-0.15, -0.1) is 12.3 Å². The van der Waals surface area contributed by atoms with Crippen LogP contribution in [0.4, 0.5) is 0 Å². The Morgan fingerprint density at radius 2 is 1.75 bits per heavy atom. The Balaban J connectivity index is 2.80. The predicted molar refractivity (Wildman–Crippen MR) is 53.1 cm³/mol. The summed E-state index contributed by atoms with van der Waals surface area (Å²) in [5.41, 5.74) is 3.99. The van der Waals surface area contributed by atoms with Crippen LogP contribution in [0.15, 0.2) is 18.2 Å². The summed E-state index contributed by atoms with van der Waals surface area (Å²) in [6.45, 7) is 4.23. The lowest BCUT2D eigenvalue weighted by atomic mass is 10.0. The molecule has 0 aromatic heterocycles. The van der Waals surface area contributed by atoms with Crippen LogP contribution >= 0.6 is 0 Å². The number of rotatable bonds is 2. The SMILES string of the molecule is C#CCCc1cc(C)cc(C)c1. The first-order valence-corrected chi connectivity index (χ1v) is 4.23. The maximum Gasteiger partial charge on any atom is 0.0127 e. The molecule has 0 nitrogen and oxygen atoms in total. The molecule has 1 aromatic carbocycles. The highest BCUT2D eigenvalue weighted by Gasteiger charge is 1.94. The van der Waals surface area contributed by atoms with E-state index in [4.69, 9.17) is 6.42 Å². The minimum absolute atomic E-state index is 0.836. The highest BCUT2D eigenvalue weighted by atomic mass is 14.0. The van der Waals surface area contributed by atoms with Crippen molar-refractivity contribution in [3.63, 3.8) is 0 Å². The second-order valence-electron chi connectivity index (χ2n) is 3.20. The summed E-state index contributed by atoms with van der Waals surface area (Å²) >= 11 is 0. The van der Waals surface area contributed by atoms with E-state index < -0.39 is 0 Å². The fourth-order valence-electron chi connectivity index (χ4n) is 1.43. The second kappa shape index (κ2) is 3.97. The van der Waals surface area contributed by atoms with Gasteiger partial charge < -0.3 is 0 Å². The molecule has 0 radical (unpaired) electrons. The third-order valence-corrected chi connectivity index (χ3v) is 1.84. The average molecular weight is 158 g/mol. The standard InChI is InChI=1S/C12H14/c1-4-5-6-12-8-10(2)7-11(3)9-12/h1,7-9H,5-6H2,2-3H3. The molecular formula is C12H14. The topological polar surface area (TPSA) is 0 Å². The first kappa shape index (κ1) is 8.87. The summed E-state index contributed by atoms with van der Waals surface area (Å²) in [4.78, 5) is 0. The third-order valence-electron chi connectivity index (χ3n) is 1.84. The lowest BCUT2D eigenvalue weighted by Crippen LogP contribution is -1.86. The van der Waals surface area contributed by atoms with Crippen molar-refractivity contribution in [3.8, 4) is 12.3 Å². The molecule has 0 aliphatic heterocycles. The lowest BCUT2D eigenvalue weighted by Gasteiger charge is -2.01. The number of benzene rings is 1. The van der Waals surface area contributed by atoms with Crippen LogP contribution in [-0.4, -0.2) is 0 Å². The van der Waals surface area contributed by atoms with Crippen LogP contribution in [0, 0.1) is 26.2 Å². The van der Waals surface area contributed by atoms with Crippen molar-refractivity contribution in [3.05, 3.63) is 34.9 Å². The van der Waals surface area contributed by atoms with Gasteiger partial charge in [0.2, 0.25) is 0 Å². The molecule has 0 N–H and O–H groups in total. The minimum Gasteiger partial charge on any atom is -0.120 e. The van der Waals surface area contributed by atoms with Crippen LogP contribution in [0.3, 0.4) is 0 Å². The molecule has 0 saturated heterocycles. The van der Waals surface area contributed by atoms with Crippen LogP contribution in [0.1, 0.15) is 23.1 Å². The van der Waals surface area contributed by atoms with E-state index in [-0.39, 0.29) is 0 Å². The molecule has 0 amide bonds. The zero-order valence-electron chi connectivity index (χ0n) is 7.72. The van der Waals surface area contributed by atoms with Crippen molar-refractivity contribution < 1.29 is 0 Å². The first-order chi connectivity index (χ1) is 5.72. The summed E-state index contributed by atoms with van der Waals surface area (Å²) < 4.78 is 0. The Bertz CT molecular complexity index is 282. The van der Waals surface area contributed by atoms with Crippen LogP contribution < -0.4 is 0 Å². The van der Waals surface area contributed by atoms with Gasteiger partial charge in [0.05, 0.1) is 0 Å². The molecule has 0 atom stereocenters. The fourth-order valence-corrected chi connectivity index (χ4v) is 1.43. The molecule has 0 heterocycles. The molecule has 0 heteroatoms. The van der Waals surface area contributed by atoms with Gasteiger partial charge in [0, 0.05) is 6.42 Å². The second-order valence-corrected chi connectivity index (χ2v) is 3.20. The molecular weight excluding hydrogens is 144 g/mol. The molecule has 0 aliphatic rings. The Kier molecular flexibility index (Phi) is 2.94. The van der Waals surface area contributed by atoms with E-state index in [0.29, 0.717) is 0 Å². The number of aryl methyl sites for hydroxylation is 3. The van der Waals surface area contributed by atoms with Gasteiger partial charge >= 0.3 is 0 Å². The van der Waals surface area contributed by atoms with E-state index in [1.165, 1.54) is 16.7 Å². The van der Waals surface area contributed by atoms with Gasteiger partial charge in [-0.1, -0.05) is 29.3 Å². The van der Waals surface area contributed by atoms with Crippen LogP contribution in [0.5, 0.6) is 0 Å². The van der Waals surface area contributed by atoms with Gasteiger partial charge in [-0.3, -0.25) is 0 Å².